The molecule has 6 heteroatoms. The van der Waals surface area contributed by atoms with Crippen LogP contribution in [0.5, 0.6) is 0 Å². The summed E-state index contributed by atoms with van der Waals surface area (Å²) in [4.78, 5) is 3.96. The first-order valence-electron chi connectivity index (χ1n) is 8.43. The summed E-state index contributed by atoms with van der Waals surface area (Å²) in [7, 11) is 0. The Bertz CT molecular complexity index is 957. The molecule has 1 saturated carbocycles. The highest BCUT2D eigenvalue weighted by Gasteiger charge is 2.39. The minimum Gasteiger partial charge on any atom is -0.359 e. The van der Waals surface area contributed by atoms with Crippen LogP contribution < -0.4 is 5.32 Å². The van der Waals surface area contributed by atoms with Crippen molar-refractivity contribution in [2.45, 2.75) is 24.8 Å². The Morgan fingerprint density at radius 2 is 1.85 bits per heavy atom. The molecule has 4 rings (SSSR count). The van der Waals surface area contributed by atoms with Crippen molar-refractivity contribution in [3.8, 4) is 17.3 Å². The molecule has 0 amide bonds. The molecule has 5 nitrogen and oxygen atoms in total. The maximum atomic E-state index is 13.2. The van der Waals surface area contributed by atoms with E-state index in [2.05, 4.69) is 20.5 Å². The minimum absolute atomic E-state index is 0.214. The van der Waals surface area contributed by atoms with Crippen molar-refractivity contribution < 1.29 is 4.39 Å². The van der Waals surface area contributed by atoms with Crippen LogP contribution in [0.4, 0.5) is 10.2 Å². The van der Waals surface area contributed by atoms with Crippen LogP contribution in [0, 0.1) is 17.1 Å². The summed E-state index contributed by atoms with van der Waals surface area (Å²) in [5.74, 6) is 0.439. The van der Waals surface area contributed by atoms with Crippen LogP contribution in [0.15, 0.2) is 54.7 Å². The summed E-state index contributed by atoms with van der Waals surface area (Å²) in [6.07, 6.45) is 4.64. The summed E-state index contributed by atoms with van der Waals surface area (Å²) in [5.41, 5.74) is 2.67. The van der Waals surface area contributed by atoms with Crippen molar-refractivity contribution in [1.29, 1.82) is 5.26 Å². The smallest absolute Gasteiger partial charge is 0.149 e. The number of hydrogen-bond donors (Lipinski definition) is 1. The van der Waals surface area contributed by atoms with Crippen molar-refractivity contribution >= 4 is 5.82 Å². The molecule has 3 aromatic rings. The normalized spacial score (nSPS) is 14.9. The van der Waals surface area contributed by atoms with E-state index in [1.54, 1.807) is 18.3 Å². The molecular formula is C20H16FN5. The fourth-order valence-electron chi connectivity index (χ4n) is 3.23. The third-order valence-electron chi connectivity index (χ3n) is 4.81. The Morgan fingerprint density at radius 3 is 2.46 bits per heavy atom. The second-order valence-electron chi connectivity index (χ2n) is 6.41. The second-order valence-corrected chi connectivity index (χ2v) is 6.41. The third kappa shape index (κ3) is 3.00. The zero-order valence-corrected chi connectivity index (χ0v) is 14.0. The lowest BCUT2D eigenvalue weighted by molar-refractivity contribution is 0.283. The fraction of sp³-hybridized carbons (Fsp3) is 0.200. The molecule has 1 aliphatic carbocycles. The highest BCUT2D eigenvalue weighted by atomic mass is 19.1. The number of benzene rings is 1. The summed E-state index contributed by atoms with van der Waals surface area (Å²) >= 11 is 0. The van der Waals surface area contributed by atoms with Gasteiger partial charge in [0, 0.05) is 11.8 Å². The predicted octanol–water partition coefficient (Wildman–Crippen LogP) is 4.04. The van der Waals surface area contributed by atoms with Gasteiger partial charge >= 0.3 is 0 Å². The van der Waals surface area contributed by atoms with Crippen LogP contribution in [0.3, 0.4) is 0 Å². The van der Waals surface area contributed by atoms with E-state index in [0.29, 0.717) is 17.2 Å². The molecule has 0 spiro atoms. The Hall–Kier alpha value is -3.33. The van der Waals surface area contributed by atoms with E-state index in [0.717, 1.165) is 30.4 Å². The van der Waals surface area contributed by atoms with Gasteiger partial charge in [-0.25, -0.2) is 9.37 Å². The molecule has 26 heavy (non-hydrogen) atoms. The molecule has 1 N–H and O–H groups in total. The van der Waals surface area contributed by atoms with Crippen LogP contribution >= 0.6 is 0 Å². The number of anilines is 1. The zero-order valence-electron chi connectivity index (χ0n) is 14.0. The summed E-state index contributed by atoms with van der Waals surface area (Å²) in [6, 6.07) is 15.9. The first-order chi connectivity index (χ1) is 12.7. The average Bonchev–Trinajstić information content (AvgIpc) is 2.66. The van der Waals surface area contributed by atoms with Gasteiger partial charge in [-0.05, 0) is 61.2 Å². The van der Waals surface area contributed by atoms with Crippen LogP contribution in [-0.2, 0) is 5.54 Å². The van der Waals surface area contributed by atoms with E-state index >= 15 is 0 Å². The molecule has 0 unspecified atom stereocenters. The molecule has 0 saturated heterocycles. The van der Waals surface area contributed by atoms with Crippen molar-refractivity contribution in [2.75, 3.05) is 5.32 Å². The van der Waals surface area contributed by atoms with Gasteiger partial charge in [0.25, 0.3) is 0 Å². The number of nitrogens with zero attached hydrogens (tertiary/aromatic N) is 4. The topological polar surface area (TPSA) is 74.5 Å². The number of nitriles is 1. The maximum absolute atomic E-state index is 13.2. The number of aromatic nitrogens is 3. The quantitative estimate of drug-likeness (QED) is 0.772. The third-order valence-corrected chi connectivity index (χ3v) is 4.81. The van der Waals surface area contributed by atoms with Gasteiger partial charge < -0.3 is 5.32 Å². The summed E-state index contributed by atoms with van der Waals surface area (Å²) < 4.78 is 13.2. The number of hydrogen-bond acceptors (Lipinski definition) is 5. The van der Waals surface area contributed by atoms with Crippen molar-refractivity contribution in [1.82, 2.24) is 15.2 Å². The lowest BCUT2D eigenvalue weighted by Crippen LogP contribution is -2.42. The van der Waals surface area contributed by atoms with Gasteiger partial charge in [0.2, 0.25) is 0 Å². The summed E-state index contributed by atoms with van der Waals surface area (Å²) in [5, 5.41) is 21.0. The lowest BCUT2D eigenvalue weighted by Gasteiger charge is -2.43. The molecule has 2 heterocycles. The van der Waals surface area contributed by atoms with E-state index in [1.807, 2.05) is 30.3 Å². The summed E-state index contributed by atoms with van der Waals surface area (Å²) in [6.45, 7) is 0. The van der Waals surface area contributed by atoms with E-state index in [-0.39, 0.29) is 11.4 Å². The SMILES string of the molecule is N#Cc1cc(-c2ccc(NC3(c4ccc(F)cc4)CCC3)nn2)ccn1. The number of halogens is 1. The van der Waals surface area contributed by atoms with Gasteiger partial charge in [0.05, 0.1) is 11.2 Å². The van der Waals surface area contributed by atoms with Crippen LogP contribution in [0.25, 0.3) is 11.3 Å². The molecule has 128 valence electrons. The van der Waals surface area contributed by atoms with Crippen LogP contribution in [0.2, 0.25) is 0 Å². The van der Waals surface area contributed by atoms with Gasteiger partial charge in [-0.3, -0.25) is 0 Å². The van der Waals surface area contributed by atoms with Gasteiger partial charge in [0.1, 0.15) is 23.4 Å². The Kier molecular flexibility index (Phi) is 4.05. The monoisotopic (exact) mass is 345 g/mol. The second kappa shape index (κ2) is 6.52. The Labute approximate surface area is 150 Å². The Balaban J connectivity index is 1.57. The minimum atomic E-state index is -0.235. The molecule has 1 fully saturated rings. The zero-order chi connectivity index (χ0) is 18.0. The standard InChI is InChI=1S/C20H16FN5/c21-16-4-2-15(3-5-16)20(9-1-10-20)24-19-7-6-18(25-26-19)14-8-11-23-17(12-14)13-22/h2-8,11-12H,1,9-10H2,(H,24,26). The fourth-order valence-corrected chi connectivity index (χ4v) is 3.23. The van der Waals surface area contributed by atoms with Gasteiger partial charge in [-0.15, -0.1) is 10.2 Å². The average molecular weight is 345 g/mol. The van der Waals surface area contributed by atoms with Crippen molar-refractivity contribution in [3.05, 3.63) is 71.8 Å². The number of rotatable bonds is 4. The number of nitrogens with one attached hydrogen (secondary N) is 1. The van der Waals surface area contributed by atoms with E-state index < -0.39 is 0 Å². The van der Waals surface area contributed by atoms with Gasteiger partial charge in [0.15, 0.2) is 0 Å². The largest absolute Gasteiger partial charge is 0.359 e. The molecule has 0 aliphatic heterocycles. The van der Waals surface area contributed by atoms with E-state index in [9.17, 15) is 4.39 Å². The Morgan fingerprint density at radius 1 is 1.04 bits per heavy atom. The highest BCUT2D eigenvalue weighted by molar-refractivity contribution is 5.60. The first-order valence-corrected chi connectivity index (χ1v) is 8.43. The van der Waals surface area contributed by atoms with Crippen molar-refractivity contribution in [3.63, 3.8) is 0 Å². The molecule has 0 atom stereocenters. The number of pyridine rings is 1. The van der Waals surface area contributed by atoms with Crippen molar-refractivity contribution in [2.24, 2.45) is 0 Å². The predicted molar refractivity (Wildman–Crippen MR) is 95.5 cm³/mol. The molecule has 0 radical (unpaired) electrons. The molecule has 1 aliphatic rings. The molecule has 0 bridgehead atoms. The molecule has 1 aromatic carbocycles. The highest BCUT2D eigenvalue weighted by Crippen LogP contribution is 2.43. The van der Waals surface area contributed by atoms with E-state index in [4.69, 9.17) is 5.26 Å². The van der Waals surface area contributed by atoms with Crippen LogP contribution in [0.1, 0.15) is 30.5 Å². The van der Waals surface area contributed by atoms with Gasteiger partial charge in [-0.2, -0.15) is 5.26 Å². The first kappa shape index (κ1) is 16.2. The molecular weight excluding hydrogens is 329 g/mol. The van der Waals surface area contributed by atoms with E-state index in [1.165, 1.54) is 12.1 Å². The van der Waals surface area contributed by atoms with Gasteiger partial charge in [-0.1, -0.05) is 12.1 Å². The van der Waals surface area contributed by atoms with Crippen LogP contribution in [-0.4, -0.2) is 15.2 Å². The lowest BCUT2D eigenvalue weighted by atomic mass is 9.72. The maximum Gasteiger partial charge on any atom is 0.149 e. The molecule has 2 aromatic heterocycles.